The first-order chi connectivity index (χ1) is 9.38. The summed E-state index contributed by atoms with van der Waals surface area (Å²) in [5, 5.41) is 7.45. The first-order valence-electron chi connectivity index (χ1n) is 7.54. The monoisotopic (exact) mass is 273 g/mol. The molecule has 1 aromatic carbocycles. The average Bonchev–Trinajstić information content (AvgIpc) is 2.83. The Labute approximate surface area is 120 Å². The van der Waals surface area contributed by atoms with Crippen LogP contribution in [0.3, 0.4) is 0 Å². The maximum Gasteiger partial charge on any atom is 0.0345 e. The van der Waals surface area contributed by atoms with E-state index in [1.807, 2.05) is 11.3 Å². The van der Waals surface area contributed by atoms with E-state index < -0.39 is 0 Å². The molecule has 1 heterocycles. The van der Waals surface area contributed by atoms with E-state index in [9.17, 15) is 0 Å². The number of fused-ring (bicyclic) bond motifs is 1. The smallest absolute Gasteiger partial charge is 0.0345 e. The maximum atomic E-state index is 3.59. The molecule has 2 unspecified atom stereocenters. The zero-order valence-electron chi connectivity index (χ0n) is 11.7. The van der Waals surface area contributed by atoms with Crippen LogP contribution in [0.4, 0.5) is 0 Å². The third-order valence-corrected chi connectivity index (χ3v) is 5.46. The van der Waals surface area contributed by atoms with E-state index in [0.29, 0.717) is 0 Å². The van der Waals surface area contributed by atoms with Crippen molar-refractivity contribution < 1.29 is 0 Å². The summed E-state index contributed by atoms with van der Waals surface area (Å²) in [6, 6.07) is 8.83. The van der Waals surface area contributed by atoms with E-state index in [1.54, 1.807) is 5.56 Å². The Bertz CT molecular complexity index is 531. The summed E-state index contributed by atoms with van der Waals surface area (Å²) in [5.41, 5.74) is 1.57. The Balaban J connectivity index is 1.62. The van der Waals surface area contributed by atoms with E-state index in [2.05, 4.69) is 41.9 Å². The number of hydrogen-bond acceptors (Lipinski definition) is 2. The number of rotatable bonds is 6. The van der Waals surface area contributed by atoms with Gasteiger partial charge in [-0.1, -0.05) is 25.1 Å². The summed E-state index contributed by atoms with van der Waals surface area (Å²) in [4.78, 5) is 0. The molecule has 2 atom stereocenters. The van der Waals surface area contributed by atoms with Crippen LogP contribution in [0.1, 0.15) is 31.7 Å². The molecule has 0 saturated heterocycles. The van der Waals surface area contributed by atoms with Gasteiger partial charge in [-0.15, -0.1) is 11.3 Å². The van der Waals surface area contributed by atoms with Crippen LogP contribution in [-0.2, 0) is 6.42 Å². The number of thiophene rings is 1. The summed E-state index contributed by atoms with van der Waals surface area (Å²) in [6.07, 6.45) is 5.36. The molecule has 3 rings (SSSR count). The normalized spacial score (nSPS) is 22.6. The lowest BCUT2D eigenvalue weighted by Gasteiger charge is -2.37. The molecule has 1 N–H and O–H groups in total. The Morgan fingerprint density at radius 2 is 2.05 bits per heavy atom. The molecule has 1 aliphatic rings. The van der Waals surface area contributed by atoms with Crippen molar-refractivity contribution in [2.24, 2.45) is 11.8 Å². The van der Waals surface area contributed by atoms with Crippen molar-refractivity contribution in [3.05, 3.63) is 35.2 Å². The molecule has 1 aliphatic carbocycles. The first kappa shape index (κ1) is 13.1. The molecular formula is C17H23NS. The second-order valence-electron chi connectivity index (χ2n) is 5.76. The van der Waals surface area contributed by atoms with Gasteiger partial charge in [0, 0.05) is 4.70 Å². The fourth-order valence-electron chi connectivity index (χ4n) is 3.11. The van der Waals surface area contributed by atoms with Crippen molar-refractivity contribution in [1.29, 1.82) is 0 Å². The van der Waals surface area contributed by atoms with Crippen LogP contribution < -0.4 is 5.32 Å². The number of benzene rings is 1. The van der Waals surface area contributed by atoms with E-state index in [-0.39, 0.29) is 0 Å². The molecule has 0 spiro atoms. The van der Waals surface area contributed by atoms with Gasteiger partial charge in [0.1, 0.15) is 0 Å². The van der Waals surface area contributed by atoms with Crippen molar-refractivity contribution in [2.45, 2.75) is 32.6 Å². The minimum Gasteiger partial charge on any atom is -0.316 e. The van der Waals surface area contributed by atoms with Crippen molar-refractivity contribution in [2.75, 3.05) is 13.1 Å². The minimum absolute atomic E-state index is 0.905. The lowest BCUT2D eigenvalue weighted by Crippen LogP contribution is -2.36. The van der Waals surface area contributed by atoms with Gasteiger partial charge in [-0.25, -0.2) is 0 Å². The Hall–Kier alpha value is -0.860. The topological polar surface area (TPSA) is 12.0 Å². The van der Waals surface area contributed by atoms with Gasteiger partial charge in [0.05, 0.1) is 0 Å². The molecule has 0 amide bonds. The van der Waals surface area contributed by atoms with Gasteiger partial charge < -0.3 is 5.32 Å². The van der Waals surface area contributed by atoms with Gasteiger partial charge in [0.25, 0.3) is 0 Å². The fourth-order valence-corrected chi connectivity index (χ4v) is 4.09. The molecule has 0 radical (unpaired) electrons. The molecule has 2 heteroatoms. The molecule has 19 heavy (non-hydrogen) atoms. The number of hydrogen-bond donors (Lipinski definition) is 1. The van der Waals surface area contributed by atoms with Gasteiger partial charge in [-0.2, -0.15) is 0 Å². The molecule has 2 aromatic rings. The summed E-state index contributed by atoms with van der Waals surface area (Å²) in [7, 11) is 0. The second-order valence-corrected chi connectivity index (χ2v) is 6.67. The Morgan fingerprint density at radius 3 is 2.84 bits per heavy atom. The summed E-state index contributed by atoms with van der Waals surface area (Å²) < 4.78 is 1.44. The van der Waals surface area contributed by atoms with Crippen LogP contribution in [0.5, 0.6) is 0 Å². The van der Waals surface area contributed by atoms with E-state index in [1.165, 1.54) is 48.9 Å². The predicted octanol–water partition coefficient (Wildman–Crippen LogP) is 4.47. The molecule has 1 nitrogen and oxygen atoms in total. The van der Waals surface area contributed by atoms with Crippen molar-refractivity contribution in [1.82, 2.24) is 5.32 Å². The standard InChI is InChI=1S/C17H23NS/c1-2-9-18-11-14-8-7-13(14)10-15-12-19-17-6-4-3-5-16(15)17/h3-6,12-14,18H,2,7-11H2,1H3. The molecule has 1 aromatic heterocycles. The van der Waals surface area contributed by atoms with Gasteiger partial charge in [-0.05, 0) is 73.0 Å². The summed E-state index contributed by atoms with van der Waals surface area (Å²) in [6.45, 7) is 4.63. The van der Waals surface area contributed by atoms with Gasteiger partial charge in [0.15, 0.2) is 0 Å². The third kappa shape index (κ3) is 2.85. The van der Waals surface area contributed by atoms with Crippen molar-refractivity contribution >= 4 is 21.4 Å². The average molecular weight is 273 g/mol. The van der Waals surface area contributed by atoms with Gasteiger partial charge >= 0.3 is 0 Å². The molecule has 0 bridgehead atoms. The largest absolute Gasteiger partial charge is 0.316 e. The summed E-state index contributed by atoms with van der Waals surface area (Å²) >= 11 is 1.90. The third-order valence-electron chi connectivity index (χ3n) is 4.45. The van der Waals surface area contributed by atoms with Crippen LogP contribution in [0.2, 0.25) is 0 Å². The van der Waals surface area contributed by atoms with E-state index >= 15 is 0 Å². The van der Waals surface area contributed by atoms with Crippen LogP contribution in [0.15, 0.2) is 29.6 Å². The molecule has 1 fully saturated rings. The zero-order valence-corrected chi connectivity index (χ0v) is 12.5. The highest BCUT2D eigenvalue weighted by atomic mass is 32.1. The number of nitrogens with one attached hydrogen (secondary N) is 1. The minimum atomic E-state index is 0.905. The zero-order chi connectivity index (χ0) is 13.1. The predicted molar refractivity (Wildman–Crippen MR) is 84.9 cm³/mol. The van der Waals surface area contributed by atoms with Crippen molar-refractivity contribution in [3.63, 3.8) is 0 Å². The van der Waals surface area contributed by atoms with Crippen LogP contribution in [-0.4, -0.2) is 13.1 Å². The highest BCUT2D eigenvalue weighted by molar-refractivity contribution is 7.17. The lowest BCUT2D eigenvalue weighted by molar-refractivity contribution is 0.171. The Kier molecular flexibility index (Phi) is 4.19. The van der Waals surface area contributed by atoms with Crippen LogP contribution >= 0.6 is 11.3 Å². The van der Waals surface area contributed by atoms with E-state index in [4.69, 9.17) is 0 Å². The van der Waals surface area contributed by atoms with Crippen LogP contribution in [0.25, 0.3) is 10.1 Å². The van der Waals surface area contributed by atoms with Crippen LogP contribution in [0, 0.1) is 11.8 Å². The first-order valence-corrected chi connectivity index (χ1v) is 8.42. The molecule has 1 saturated carbocycles. The highest BCUT2D eigenvalue weighted by Crippen LogP contribution is 2.38. The SMILES string of the molecule is CCCNCC1CCC1Cc1csc2ccccc12. The molecule has 102 valence electrons. The fraction of sp³-hybridized carbons (Fsp3) is 0.529. The van der Waals surface area contributed by atoms with Gasteiger partial charge in [0.2, 0.25) is 0 Å². The quantitative estimate of drug-likeness (QED) is 0.766. The summed E-state index contributed by atoms with van der Waals surface area (Å²) in [5.74, 6) is 1.81. The lowest BCUT2D eigenvalue weighted by atomic mass is 9.70. The Morgan fingerprint density at radius 1 is 1.21 bits per heavy atom. The van der Waals surface area contributed by atoms with E-state index in [0.717, 1.165) is 11.8 Å². The second kappa shape index (κ2) is 6.06. The highest BCUT2D eigenvalue weighted by Gasteiger charge is 2.30. The molecule has 0 aliphatic heterocycles. The molecular weight excluding hydrogens is 250 g/mol. The maximum absolute atomic E-state index is 3.59. The van der Waals surface area contributed by atoms with Gasteiger partial charge in [-0.3, -0.25) is 0 Å². The van der Waals surface area contributed by atoms with Crippen molar-refractivity contribution in [3.8, 4) is 0 Å².